The van der Waals surface area contributed by atoms with Gasteiger partial charge in [-0.2, -0.15) is 0 Å². The number of hydrogen-bond acceptors (Lipinski definition) is 5. The monoisotopic (exact) mass is 665 g/mol. The van der Waals surface area contributed by atoms with Crippen LogP contribution in [-0.4, -0.2) is 23.5 Å². The lowest BCUT2D eigenvalue weighted by atomic mass is 9.74. The first-order chi connectivity index (χ1) is 22.3. The number of nitrogens with zero attached hydrogens (tertiary/aromatic N) is 1. The lowest BCUT2D eigenvalue weighted by Crippen LogP contribution is -2.33. The first kappa shape index (κ1) is 36.4. The van der Waals surface area contributed by atoms with Crippen molar-refractivity contribution in [3.8, 4) is 5.75 Å². The van der Waals surface area contributed by atoms with Crippen molar-refractivity contribution in [1.29, 1.82) is 0 Å². The first-order valence-corrected chi connectivity index (χ1v) is 19.1. The molecule has 1 aromatic carbocycles. The van der Waals surface area contributed by atoms with Gasteiger partial charge >= 0.3 is 0 Å². The van der Waals surface area contributed by atoms with Crippen LogP contribution in [0.1, 0.15) is 139 Å². The van der Waals surface area contributed by atoms with E-state index in [9.17, 15) is 4.79 Å². The summed E-state index contributed by atoms with van der Waals surface area (Å²) in [5.74, 6) is 1.04. The molecule has 0 aliphatic carbocycles. The predicted molar refractivity (Wildman–Crippen MR) is 197 cm³/mol. The molecule has 0 fully saturated rings. The molecule has 0 radical (unpaired) electrons. The number of fused-ring (bicyclic) bond motifs is 1. The van der Waals surface area contributed by atoms with Gasteiger partial charge in [0.25, 0.3) is 0 Å². The van der Waals surface area contributed by atoms with Crippen LogP contribution in [0.4, 0.5) is 5.82 Å². The average Bonchev–Trinajstić information content (AvgIpc) is 3.60. The molecule has 3 unspecified atom stereocenters. The molecule has 1 amide bonds. The Kier molecular flexibility index (Phi) is 14.9. The van der Waals surface area contributed by atoms with Crippen molar-refractivity contribution < 1.29 is 9.53 Å². The normalized spacial score (nSPS) is 20.6. The molecule has 0 saturated heterocycles. The summed E-state index contributed by atoms with van der Waals surface area (Å²) < 4.78 is 6.20. The van der Waals surface area contributed by atoms with E-state index in [2.05, 4.69) is 48.6 Å². The van der Waals surface area contributed by atoms with Gasteiger partial charge in [-0.3, -0.25) is 4.79 Å². The van der Waals surface area contributed by atoms with Crippen LogP contribution in [0.2, 0.25) is 5.02 Å². The van der Waals surface area contributed by atoms with E-state index in [1.165, 1.54) is 114 Å². The van der Waals surface area contributed by atoms with Crippen LogP contribution in [0, 0.1) is 5.41 Å². The second kappa shape index (κ2) is 18.8. The lowest BCUT2D eigenvalue weighted by molar-refractivity contribution is -0.116. The summed E-state index contributed by atoms with van der Waals surface area (Å²) in [6.07, 6.45) is 26.1. The summed E-state index contributed by atoms with van der Waals surface area (Å²) in [4.78, 5) is 16.5. The number of anilines is 1. The Morgan fingerprint density at radius 3 is 2.33 bits per heavy atom. The standard InChI is InChI=1S/C39H56ClN3O2S/c1-4-5-6-7-8-9-10-11-12-13-14-15-16-17-22-39(3)29(2)28-46-38(39)32-23-31-24-33(45-37(31)34(40)25-32)27-43-36(44)21-19-30-18-20-35(41)42-26-30/h18-21,23,25-26,28,33,38H,4-17,22,24,27H2,1-3H3,(H2,41,42)(H,43,44)/b21-19+. The van der Waals surface area contributed by atoms with Gasteiger partial charge in [0.1, 0.15) is 17.7 Å². The number of nitrogens with one attached hydrogen (secondary N) is 1. The van der Waals surface area contributed by atoms with Crippen molar-refractivity contribution in [2.75, 3.05) is 12.3 Å². The van der Waals surface area contributed by atoms with Gasteiger partial charge in [-0.05, 0) is 59.7 Å². The third-order valence-corrected chi connectivity index (χ3v) is 11.7. The van der Waals surface area contributed by atoms with E-state index in [4.69, 9.17) is 22.1 Å². The molecule has 46 heavy (non-hydrogen) atoms. The summed E-state index contributed by atoms with van der Waals surface area (Å²) in [6.45, 7) is 7.44. The maximum Gasteiger partial charge on any atom is 0.244 e. The van der Waals surface area contributed by atoms with Crippen LogP contribution >= 0.6 is 23.4 Å². The van der Waals surface area contributed by atoms with Crippen LogP contribution in [0.25, 0.3) is 6.08 Å². The molecule has 7 heteroatoms. The Balaban J connectivity index is 1.18. The molecule has 2 aliphatic heterocycles. The number of pyridine rings is 1. The Hall–Kier alpha value is -2.44. The number of nitrogens with two attached hydrogens (primary N) is 1. The number of hydrogen-bond donors (Lipinski definition) is 2. The van der Waals surface area contributed by atoms with Gasteiger partial charge in [-0.15, -0.1) is 11.8 Å². The minimum Gasteiger partial charge on any atom is -0.486 e. The van der Waals surface area contributed by atoms with Gasteiger partial charge in [0.05, 0.1) is 11.6 Å². The molecular formula is C39H56ClN3O2S. The van der Waals surface area contributed by atoms with E-state index >= 15 is 0 Å². The third-order valence-electron chi connectivity index (χ3n) is 9.83. The van der Waals surface area contributed by atoms with Crippen molar-refractivity contribution >= 4 is 41.2 Å². The topological polar surface area (TPSA) is 77.2 Å². The molecule has 2 aliphatic rings. The van der Waals surface area contributed by atoms with Crippen molar-refractivity contribution in [2.45, 2.75) is 135 Å². The maximum absolute atomic E-state index is 12.4. The highest BCUT2D eigenvalue weighted by Gasteiger charge is 2.41. The number of nitrogen functional groups attached to an aromatic ring is 1. The van der Waals surface area contributed by atoms with Crippen LogP contribution in [0.5, 0.6) is 5.75 Å². The summed E-state index contributed by atoms with van der Waals surface area (Å²) in [7, 11) is 0. The van der Waals surface area contributed by atoms with E-state index in [0.717, 1.165) is 23.3 Å². The Bertz CT molecular complexity index is 1310. The zero-order valence-electron chi connectivity index (χ0n) is 28.4. The molecule has 1 aromatic heterocycles. The molecule has 3 heterocycles. The number of benzene rings is 1. The van der Waals surface area contributed by atoms with Gasteiger partial charge in [0.15, 0.2) is 0 Å². The van der Waals surface area contributed by atoms with Crippen molar-refractivity contribution in [3.05, 3.63) is 69.2 Å². The van der Waals surface area contributed by atoms with E-state index in [1.807, 2.05) is 17.8 Å². The first-order valence-electron chi connectivity index (χ1n) is 17.8. The number of carbonyl (C=O) groups is 1. The molecule has 252 valence electrons. The van der Waals surface area contributed by atoms with Gasteiger partial charge in [0.2, 0.25) is 5.91 Å². The Labute approximate surface area is 287 Å². The number of unbranched alkanes of at least 4 members (excludes halogenated alkanes) is 13. The number of carbonyl (C=O) groups excluding carboxylic acids is 1. The molecular weight excluding hydrogens is 610 g/mol. The number of amides is 1. The van der Waals surface area contributed by atoms with Crippen LogP contribution in [0.15, 0.2) is 47.5 Å². The SMILES string of the molecule is CCCCCCCCCCCCCCCCC1(C)C(C)=CSC1c1cc(Cl)c2c(c1)CC(CNC(=O)/C=C/c1ccc(N)nc1)O2. The Morgan fingerprint density at radius 2 is 1.70 bits per heavy atom. The minimum absolute atomic E-state index is 0.124. The van der Waals surface area contributed by atoms with Crippen LogP contribution in [0.3, 0.4) is 0 Å². The number of rotatable bonds is 20. The minimum atomic E-state index is -0.175. The fraction of sp³-hybridized carbons (Fsp3) is 0.590. The highest BCUT2D eigenvalue weighted by molar-refractivity contribution is 8.02. The summed E-state index contributed by atoms with van der Waals surface area (Å²) in [5, 5.41) is 6.34. The van der Waals surface area contributed by atoms with E-state index < -0.39 is 0 Å². The second-order valence-electron chi connectivity index (χ2n) is 13.6. The number of halogens is 1. The largest absolute Gasteiger partial charge is 0.486 e. The van der Waals surface area contributed by atoms with E-state index in [0.29, 0.717) is 22.6 Å². The average molecular weight is 666 g/mol. The van der Waals surface area contributed by atoms with E-state index in [1.54, 1.807) is 18.3 Å². The van der Waals surface area contributed by atoms with Gasteiger partial charge in [0, 0.05) is 29.4 Å². The zero-order chi connectivity index (χ0) is 32.8. The number of ether oxygens (including phenoxy) is 1. The highest BCUT2D eigenvalue weighted by Crippen LogP contribution is 2.58. The summed E-state index contributed by atoms with van der Waals surface area (Å²) in [6, 6.07) is 7.94. The molecule has 0 bridgehead atoms. The van der Waals surface area contributed by atoms with Gasteiger partial charge in [-0.25, -0.2) is 4.98 Å². The molecule has 0 saturated carbocycles. The number of thioether (sulfide) groups is 1. The van der Waals surface area contributed by atoms with Crippen LogP contribution < -0.4 is 15.8 Å². The molecule has 3 N–H and O–H groups in total. The molecule has 0 spiro atoms. The molecule has 5 nitrogen and oxygen atoms in total. The maximum atomic E-state index is 12.4. The van der Waals surface area contributed by atoms with Crippen molar-refractivity contribution in [1.82, 2.24) is 10.3 Å². The predicted octanol–water partition coefficient (Wildman–Crippen LogP) is 11.0. The van der Waals surface area contributed by atoms with Crippen molar-refractivity contribution in [2.24, 2.45) is 5.41 Å². The fourth-order valence-corrected chi connectivity index (χ4v) is 8.56. The smallest absolute Gasteiger partial charge is 0.244 e. The van der Waals surface area contributed by atoms with Gasteiger partial charge in [-0.1, -0.05) is 127 Å². The summed E-state index contributed by atoms with van der Waals surface area (Å²) >= 11 is 8.75. The number of aromatic nitrogens is 1. The summed E-state index contributed by atoms with van der Waals surface area (Å²) in [5.41, 5.74) is 10.5. The number of allylic oxidation sites excluding steroid dienone is 1. The Morgan fingerprint density at radius 1 is 1.04 bits per heavy atom. The van der Waals surface area contributed by atoms with Crippen molar-refractivity contribution in [3.63, 3.8) is 0 Å². The zero-order valence-corrected chi connectivity index (χ0v) is 30.0. The van der Waals surface area contributed by atoms with Crippen LogP contribution in [-0.2, 0) is 11.2 Å². The lowest BCUT2D eigenvalue weighted by Gasteiger charge is -2.34. The van der Waals surface area contributed by atoms with E-state index in [-0.39, 0.29) is 17.4 Å². The third kappa shape index (κ3) is 10.8. The van der Waals surface area contributed by atoms with Gasteiger partial charge < -0.3 is 15.8 Å². The molecule has 4 rings (SSSR count). The highest BCUT2D eigenvalue weighted by atomic mass is 35.5. The fourth-order valence-electron chi connectivity index (χ4n) is 6.76. The second-order valence-corrected chi connectivity index (χ2v) is 15.0. The quantitative estimate of drug-likeness (QED) is 0.109. The molecule has 3 atom stereocenters. The molecule has 2 aromatic rings.